The summed E-state index contributed by atoms with van der Waals surface area (Å²) in [5.74, 6) is -0.518. The van der Waals surface area contributed by atoms with E-state index in [-0.39, 0.29) is 42.2 Å². The van der Waals surface area contributed by atoms with Crippen molar-refractivity contribution in [2.24, 2.45) is 0 Å². The van der Waals surface area contributed by atoms with Crippen LogP contribution in [-0.4, -0.2) is 102 Å². The van der Waals surface area contributed by atoms with Crippen LogP contribution in [0.25, 0.3) is 0 Å². The number of hydrogen-bond acceptors (Lipinski definition) is 7. The second-order valence-corrected chi connectivity index (χ2v) is 14.3. The third-order valence-corrected chi connectivity index (χ3v) is 10.7. The SMILES string of the molecule is CCOC(=O)c1cccc(N2CCN(C(=O)[C@@H](Cc3cc(Br)c(O)c(Br)c3)NC(=O)N3CCC(N4Cc5ccccc5NC4=O)CC3)CC2)c1. The third kappa shape index (κ3) is 8.02. The number of piperazine rings is 1. The normalized spacial score (nSPS) is 17.1. The molecule has 0 saturated carbocycles. The lowest BCUT2D eigenvalue weighted by atomic mass is 10.0. The first-order valence-electron chi connectivity index (χ1n) is 16.8. The molecule has 3 heterocycles. The molecule has 264 valence electrons. The summed E-state index contributed by atoms with van der Waals surface area (Å²) < 4.78 is 6.11. The molecule has 3 aliphatic rings. The number of rotatable bonds is 8. The minimum Gasteiger partial charge on any atom is -0.506 e. The number of aromatic hydroxyl groups is 1. The molecule has 3 aliphatic heterocycles. The number of fused-ring (bicyclic) bond motifs is 1. The molecule has 6 rings (SSSR count). The third-order valence-electron chi connectivity index (χ3n) is 9.48. The van der Waals surface area contributed by atoms with Gasteiger partial charge in [0.25, 0.3) is 0 Å². The Hall–Kier alpha value is -4.30. The first-order chi connectivity index (χ1) is 24.1. The molecule has 0 spiro atoms. The maximum absolute atomic E-state index is 14.1. The van der Waals surface area contributed by atoms with Crippen molar-refractivity contribution in [1.82, 2.24) is 20.0 Å². The first kappa shape index (κ1) is 35.5. The van der Waals surface area contributed by atoms with E-state index < -0.39 is 6.04 Å². The number of carbonyl (C=O) groups excluding carboxylic acids is 4. The Bertz CT molecular complexity index is 1740. The van der Waals surface area contributed by atoms with Crippen LogP contribution in [-0.2, 0) is 22.5 Å². The second-order valence-electron chi connectivity index (χ2n) is 12.6. The number of piperidine rings is 1. The predicted molar refractivity (Wildman–Crippen MR) is 196 cm³/mol. The van der Waals surface area contributed by atoms with Crippen LogP contribution in [0.4, 0.5) is 21.0 Å². The number of nitrogens with zero attached hydrogens (tertiary/aromatic N) is 4. The van der Waals surface area contributed by atoms with Gasteiger partial charge in [0.2, 0.25) is 5.91 Å². The van der Waals surface area contributed by atoms with Crippen LogP contribution in [0.5, 0.6) is 5.75 Å². The van der Waals surface area contributed by atoms with Gasteiger partial charge in [-0.3, -0.25) is 4.79 Å². The van der Waals surface area contributed by atoms with Gasteiger partial charge in [-0.05, 0) is 99.2 Å². The van der Waals surface area contributed by atoms with Crippen LogP contribution in [0.15, 0.2) is 69.6 Å². The van der Waals surface area contributed by atoms with Crippen molar-refractivity contribution in [3.63, 3.8) is 0 Å². The highest BCUT2D eigenvalue weighted by atomic mass is 79.9. The number of halogens is 2. The highest BCUT2D eigenvalue weighted by molar-refractivity contribution is 9.11. The zero-order valence-corrected chi connectivity index (χ0v) is 30.9. The monoisotopic (exact) mass is 810 g/mol. The number of phenols is 1. The van der Waals surface area contributed by atoms with E-state index in [0.29, 0.717) is 79.8 Å². The summed E-state index contributed by atoms with van der Waals surface area (Å²) >= 11 is 6.76. The van der Waals surface area contributed by atoms with Gasteiger partial charge in [-0.1, -0.05) is 24.3 Å². The number of phenolic OH excluding ortho intramolecular Hbond substituents is 1. The van der Waals surface area contributed by atoms with E-state index in [0.717, 1.165) is 22.5 Å². The standard InChI is InChI=1S/C36H40Br2N6O6/c1-2-50-34(47)24-7-5-8-27(21-24)41-14-16-42(17-15-41)33(46)31(20-23-18-28(37)32(45)29(38)19-23)40-35(48)43-12-10-26(11-13-43)44-22-25-6-3-4-9-30(25)39-36(44)49/h3-9,18-19,21,26,31,45H,2,10-17,20,22H2,1H3,(H,39,49)(H,40,48)/t31-/m1/s1. The topological polar surface area (TPSA) is 135 Å². The molecule has 0 aromatic heterocycles. The van der Waals surface area contributed by atoms with Crippen LogP contribution < -0.4 is 15.5 Å². The van der Waals surface area contributed by atoms with E-state index in [4.69, 9.17) is 4.74 Å². The van der Waals surface area contributed by atoms with E-state index in [9.17, 15) is 24.3 Å². The van der Waals surface area contributed by atoms with E-state index in [2.05, 4.69) is 47.4 Å². The number of esters is 1. The maximum Gasteiger partial charge on any atom is 0.338 e. The summed E-state index contributed by atoms with van der Waals surface area (Å²) in [6.45, 7) is 5.46. The summed E-state index contributed by atoms with van der Waals surface area (Å²) in [5.41, 5.74) is 4.00. The quantitative estimate of drug-likeness (QED) is 0.253. The number of likely N-dealkylation sites (tertiary alicyclic amines) is 1. The number of nitrogens with one attached hydrogen (secondary N) is 2. The second kappa shape index (κ2) is 15.7. The van der Waals surface area contributed by atoms with E-state index in [1.807, 2.05) is 41.3 Å². The Morgan fingerprint density at radius 1 is 0.940 bits per heavy atom. The summed E-state index contributed by atoms with van der Waals surface area (Å²) in [6.07, 6.45) is 1.46. The van der Waals surface area contributed by atoms with E-state index in [1.165, 1.54) is 0 Å². The van der Waals surface area contributed by atoms with Gasteiger partial charge in [0.05, 0.1) is 21.1 Å². The molecule has 3 aromatic carbocycles. The number of para-hydroxylation sites is 1. The van der Waals surface area contributed by atoms with Crippen molar-refractivity contribution in [3.8, 4) is 5.75 Å². The predicted octanol–water partition coefficient (Wildman–Crippen LogP) is 5.58. The number of urea groups is 2. The Balaban J connectivity index is 1.11. The molecular weight excluding hydrogens is 772 g/mol. The van der Waals surface area contributed by atoms with E-state index in [1.54, 1.807) is 41.0 Å². The van der Waals surface area contributed by atoms with Crippen molar-refractivity contribution >= 4 is 67.2 Å². The minimum absolute atomic E-state index is 0.00851. The number of anilines is 2. The average molecular weight is 813 g/mol. The summed E-state index contributed by atoms with van der Waals surface area (Å²) in [5, 5.41) is 16.3. The number of amides is 5. The summed E-state index contributed by atoms with van der Waals surface area (Å²) in [6, 6.07) is 17.2. The Kier molecular flexibility index (Phi) is 11.2. The largest absolute Gasteiger partial charge is 0.506 e. The Morgan fingerprint density at radius 2 is 1.64 bits per heavy atom. The van der Waals surface area contributed by atoms with Crippen LogP contribution >= 0.6 is 31.9 Å². The molecule has 0 radical (unpaired) electrons. The number of benzene rings is 3. The fourth-order valence-corrected chi connectivity index (χ4v) is 8.04. The fourth-order valence-electron chi connectivity index (χ4n) is 6.76. The molecule has 12 nitrogen and oxygen atoms in total. The first-order valence-corrected chi connectivity index (χ1v) is 18.4. The van der Waals surface area contributed by atoms with Crippen molar-refractivity contribution in [3.05, 3.63) is 86.3 Å². The molecular formula is C36H40Br2N6O6. The molecule has 2 fully saturated rings. The van der Waals surface area contributed by atoms with Gasteiger partial charge < -0.3 is 40.1 Å². The Morgan fingerprint density at radius 3 is 2.34 bits per heavy atom. The van der Waals surface area contributed by atoms with Crippen LogP contribution in [0.2, 0.25) is 0 Å². The van der Waals surface area contributed by atoms with Crippen molar-refractivity contribution in [1.29, 1.82) is 0 Å². The van der Waals surface area contributed by atoms with Crippen molar-refractivity contribution in [2.45, 2.75) is 44.8 Å². The molecule has 0 unspecified atom stereocenters. The molecule has 0 aliphatic carbocycles. The van der Waals surface area contributed by atoms with Gasteiger partial charge in [0.1, 0.15) is 11.8 Å². The summed E-state index contributed by atoms with van der Waals surface area (Å²) in [7, 11) is 0. The molecule has 2 saturated heterocycles. The lowest BCUT2D eigenvalue weighted by molar-refractivity contribution is -0.133. The number of ether oxygens (including phenoxy) is 1. The number of carbonyl (C=O) groups is 4. The molecule has 5 amide bonds. The highest BCUT2D eigenvalue weighted by Crippen LogP contribution is 2.34. The molecule has 3 N–H and O–H groups in total. The minimum atomic E-state index is -0.855. The average Bonchev–Trinajstić information content (AvgIpc) is 3.13. The van der Waals surface area contributed by atoms with Gasteiger partial charge in [-0.25, -0.2) is 14.4 Å². The number of hydrogen-bond donors (Lipinski definition) is 3. The van der Waals surface area contributed by atoms with Crippen LogP contribution in [0, 0.1) is 0 Å². The molecule has 0 bridgehead atoms. The van der Waals surface area contributed by atoms with Gasteiger partial charge in [-0.15, -0.1) is 0 Å². The van der Waals surface area contributed by atoms with E-state index >= 15 is 0 Å². The highest BCUT2D eigenvalue weighted by Gasteiger charge is 2.35. The molecule has 1 atom stereocenters. The van der Waals surface area contributed by atoms with Gasteiger partial charge >= 0.3 is 18.0 Å². The lowest BCUT2D eigenvalue weighted by Crippen LogP contribution is -2.58. The fraction of sp³-hybridized carbons (Fsp3) is 0.389. The lowest BCUT2D eigenvalue weighted by Gasteiger charge is -2.41. The summed E-state index contributed by atoms with van der Waals surface area (Å²) in [4.78, 5) is 60.4. The smallest absolute Gasteiger partial charge is 0.338 e. The van der Waals surface area contributed by atoms with Crippen molar-refractivity contribution < 1.29 is 29.0 Å². The van der Waals surface area contributed by atoms with Crippen LogP contribution in [0.1, 0.15) is 41.3 Å². The van der Waals surface area contributed by atoms with Crippen molar-refractivity contribution in [2.75, 3.05) is 56.1 Å². The zero-order chi connectivity index (χ0) is 35.4. The van der Waals surface area contributed by atoms with Gasteiger partial charge in [0.15, 0.2) is 0 Å². The zero-order valence-electron chi connectivity index (χ0n) is 27.7. The Labute approximate surface area is 308 Å². The maximum atomic E-state index is 14.1. The molecule has 3 aromatic rings. The van der Waals surface area contributed by atoms with Crippen LogP contribution in [0.3, 0.4) is 0 Å². The molecule has 50 heavy (non-hydrogen) atoms. The van der Waals surface area contributed by atoms with Gasteiger partial charge in [-0.2, -0.15) is 0 Å². The van der Waals surface area contributed by atoms with Gasteiger partial charge in [0, 0.05) is 69.7 Å². The molecule has 14 heteroatoms.